The van der Waals surface area contributed by atoms with Crippen LogP contribution >= 0.6 is 11.8 Å². The lowest BCUT2D eigenvalue weighted by atomic mass is 10.1. The second-order valence-corrected chi connectivity index (χ2v) is 9.78. The lowest BCUT2D eigenvalue weighted by Crippen LogP contribution is -2.30. The first-order valence-corrected chi connectivity index (χ1v) is 10.9. The molecule has 7 nitrogen and oxygen atoms in total. The SMILES string of the molecule is NS(=O)(=O)c1cc(NCC2(Sc3ccccc3)CCCC2)cc([N+](=O)[O-])c1. The van der Waals surface area contributed by atoms with Gasteiger partial charge in [-0.05, 0) is 31.0 Å². The topological polar surface area (TPSA) is 115 Å². The number of benzene rings is 2. The number of nitro benzene ring substituents is 1. The summed E-state index contributed by atoms with van der Waals surface area (Å²) in [6.45, 7) is 0.581. The molecule has 9 heteroatoms. The van der Waals surface area contributed by atoms with Crippen molar-refractivity contribution in [2.24, 2.45) is 5.14 Å². The van der Waals surface area contributed by atoms with E-state index in [1.54, 1.807) is 11.8 Å². The summed E-state index contributed by atoms with van der Waals surface area (Å²) in [5.74, 6) is 0. The third-order valence-electron chi connectivity index (χ3n) is 4.64. The number of anilines is 1. The highest BCUT2D eigenvalue weighted by Crippen LogP contribution is 2.45. The van der Waals surface area contributed by atoms with Gasteiger partial charge in [-0.25, -0.2) is 13.6 Å². The molecule has 1 aliphatic carbocycles. The number of thioether (sulfide) groups is 1. The molecule has 0 aliphatic heterocycles. The van der Waals surface area contributed by atoms with Gasteiger partial charge in [-0.1, -0.05) is 31.0 Å². The third-order valence-corrected chi connectivity index (χ3v) is 7.02. The number of primary sulfonamides is 1. The van der Waals surface area contributed by atoms with Gasteiger partial charge in [0.2, 0.25) is 10.0 Å². The molecule has 144 valence electrons. The van der Waals surface area contributed by atoms with E-state index in [1.165, 1.54) is 17.0 Å². The molecule has 0 unspecified atom stereocenters. The lowest BCUT2D eigenvalue weighted by Gasteiger charge is -2.29. The first-order chi connectivity index (χ1) is 12.8. The summed E-state index contributed by atoms with van der Waals surface area (Å²) in [6, 6.07) is 13.8. The van der Waals surface area contributed by atoms with Crippen LogP contribution in [0, 0.1) is 10.1 Å². The minimum Gasteiger partial charge on any atom is -0.383 e. The lowest BCUT2D eigenvalue weighted by molar-refractivity contribution is -0.385. The third kappa shape index (κ3) is 5.00. The number of nitrogens with one attached hydrogen (secondary N) is 1. The maximum atomic E-state index is 11.6. The van der Waals surface area contributed by atoms with Crippen LogP contribution in [0.4, 0.5) is 11.4 Å². The smallest absolute Gasteiger partial charge is 0.272 e. The molecule has 1 aliphatic rings. The van der Waals surface area contributed by atoms with Gasteiger partial charge >= 0.3 is 0 Å². The number of hydrogen-bond acceptors (Lipinski definition) is 6. The standard InChI is InChI=1S/C18H21N3O4S2/c19-27(24,25)17-11-14(10-15(12-17)21(22)23)20-13-18(8-4-5-9-18)26-16-6-2-1-3-7-16/h1-3,6-7,10-12,20H,4-5,8-9,13H2,(H2,19,24,25). The fourth-order valence-corrected chi connectivity index (χ4v) is 5.30. The van der Waals surface area contributed by atoms with Crippen LogP contribution in [0.25, 0.3) is 0 Å². The van der Waals surface area contributed by atoms with Crippen molar-refractivity contribution in [1.82, 2.24) is 0 Å². The first kappa shape index (κ1) is 19.7. The minimum atomic E-state index is -4.03. The number of nitrogens with two attached hydrogens (primary N) is 1. The van der Waals surface area contributed by atoms with E-state index in [9.17, 15) is 18.5 Å². The quantitative estimate of drug-likeness (QED) is 0.533. The Morgan fingerprint density at radius 1 is 1.15 bits per heavy atom. The van der Waals surface area contributed by atoms with E-state index >= 15 is 0 Å². The zero-order valence-electron chi connectivity index (χ0n) is 14.6. The molecule has 0 heterocycles. The molecular formula is C18H21N3O4S2. The molecule has 0 radical (unpaired) electrons. The molecule has 0 amide bonds. The van der Waals surface area contributed by atoms with Gasteiger partial charge in [-0.15, -0.1) is 11.8 Å². The van der Waals surface area contributed by atoms with Crippen LogP contribution < -0.4 is 10.5 Å². The van der Waals surface area contributed by atoms with E-state index in [2.05, 4.69) is 17.4 Å². The van der Waals surface area contributed by atoms with Crippen molar-refractivity contribution in [2.75, 3.05) is 11.9 Å². The van der Waals surface area contributed by atoms with Crippen LogP contribution in [0.15, 0.2) is 58.3 Å². The summed E-state index contributed by atoms with van der Waals surface area (Å²) < 4.78 is 23.3. The van der Waals surface area contributed by atoms with Crippen molar-refractivity contribution in [3.63, 3.8) is 0 Å². The van der Waals surface area contributed by atoms with Crippen LogP contribution in [0.1, 0.15) is 25.7 Å². The zero-order chi connectivity index (χ0) is 19.5. The summed E-state index contributed by atoms with van der Waals surface area (Å²) in [4.78, 5) is 11.4. The van der Waals surface area contributed by atoms with Crippen molar-refractivity contribution in [3.05, 3.63) is 58.6 Å². The Hall–Kier alpha value is -2.10. The average Bonchev–Trinajstić information content (AvgIpc) is 3.08. The fourth-order valence-electron chi connectivity index (χ4n) is 3.29. The molecule has 2 aromatic carbocycles. The second-order valence-electron chi connectivity index (χ2n) is 6.68. The molecule has 3 rings (SSSR count). The maximum Gasteiger partial charge on any atom is 0.272 e. The van der Waals surface area contributed by atoms with Gasteiger partial charge in [0.05, 0.1) is 9.82 Å². The van der Waals surface area contributed by atoms with Gasteiger partial charge in [0.1, 0.15) is 0 Å². The number of rotatable bonds is 7. The van der Waals surface area contributed by atoms with Gasteiger partial charge in [-0.2, -0.15) is 0 Å². The largest absolute Gasteiger partial charge is 0.383 e. The van der Waals surface area contributed by atoms with E-state index in [0.29, 0.717) is 12.2 Å². The zero-order valence-corrected chi connectivity index (χ0v) is 16.3. The Morgan fingerprint density at radius 3 is 2.41 bits per heavy atom. The van der Waals surface area contributed by atoms with Crippen LogP contribution in [0.3, 0.4) is 0 Å². The molecular weight excluding hydrogens is 386 g/mol. The Bertz CT molecular complexity index is 927. The summed E-state index contributed by atoms with van der Waals surface area (Å²) in [7, 11) is -4.03. The van der Waals surface area contributed by atoms with Gasteiger partial charge in [-0.3, -0.25) is 10.1 Å². The van der Waals surface area contributed by atoms with Gasteiger partial charge < -0.3 is 5.32 Å². The number of nitro groups is 1. The Morgan fingerprint density at radius 2 is 1.81 bits per heavy atom. The van der Waals surface area contributed by atoms with Crippen molar-refractivity contribution < 1.29 is 13.3 Å². The molecule has 0 atom stereocenters. The predicted octanol–water partition coefficient (Wildman–Crippen LogP) is 3.76. The molecule has 1 saturated carbocycles. The van der Waals surface area contributed by atoms with Crippen molar-refractivity contribution >= 4 is 33.2 Å². The molecule has 1 fully saturated rings. The average molecular weight is 408 g/mol. The minimum absolute atomic E-state index is 0.0340. The predicted molar refractivity (Wildman–Crippen MR) is 106 cm³/mol. The molecule has 3 N–H and O–H groups in total. The monoisotopic (exact) mass is 407 g/mol. The number of hydrogen-bond donors (Lipinski definition) is 2. The number of non-ortho nitro benzene ring substituents is 1. The summed E-state index contributed by atoms with van der Waals surface area (Å²) in [6.07, 6.45) is 4.30. The summed E-state index contributed by atoms with van der Waals surface area (Å²) >= 11 is 1.80. The second kappa shape index (κ2) is 7.87. The van der Waals surface area contributed by atoms with Crippen LogP contribution in [-0.4, -0.2) is 24.6 Å². The van der Waals surface area contributed by atoms with Crippen LogP contribution in [0.2, 0.25) is 0 Å². The normalized spacial score (nSPS) is 16.2. The highest BCUT2D eigenvalue weighted by Gasteiger charge is 2.35. The van der Waals surface area contributed by atoms with Crippen molar-refractivity contribution in [1.29, 1.82) is 0 Å². The van der Waals surface area contributed by atoms with E-state index < -0.39 is 14.9 Å². The van der Waals surface area contributed by atoms with E-state index in [4.69, 9.17) is 5.14 Å². The Kier molecular flexibility index (Phi) is 5.73. The van der Waals surface area contributed by atoms with Crippen LogP contribution in [0.5, 0.6) is 0 Å². The molecule has 0 spiro atoms. The molecule has 0 saturated heterocycles. The Labute approximate surface area is 162 Å². The fraction of sp³-hybridized carbons (Fsp3) is 0.333. The van der Waals surface area contributed by atoms with Gasteiger partial charge in [0, 0.05) is 34.0 Å². The maximum absolute atomic E-state index is 11.6. The molecule has 0 bridgehead atoms. The highest BCUT2D eigenvalue weighted by atomic mass is 32.2. The van der Waals surface area contributed by atoms with Crippen LogP contribution in [-0.2, 0) is 10.0 Å². The van der Waals surface area contributed by atoms with E-state index in [1.807, 2.05) is 18.2 Å². The van der Waals surface area contributed by atoms with Crippen molar-refractivity contribution in [3.8, 4) is 0 Å². The first-order valence-electron chi connectivity index (χ1n) is 8.58. The van der Waals surface area contributed by atoms with Crippen molar-refractivity contribution in [2.45, 2.75) is 40.2 Å². The molecule has 27 heavy (non-hydrogen) atoms. The van der Waals surface area contributed by atoms with E-state index in [-0.39, 0.29) is 15.3 Å². The summed E-state index contributed by atoms with van der Waals surface area (Å²) in [5, 5.41) is 19.5. The number of sulfonamides is 1. The van der Waals surface area contributed by atoms with E-state index in [0.717, 1.165) is 31.7 Å². The Balaban J connectivity index is 1.83. The summed E-state index contributed by atoms with van der Waals surface area (Å²) in [5.41, 5.74) is 0.0772. The molecule has 2 aromatic rings. The number of nitrogens with zero attached hydrogens (tertiary/aromatic N) is 1. The van der Waals surface area contributed by atoms with Gasteiger partial charge in [0.25, 0.3) is 5.69 Å². The molecule has 0 aromatic heterocycles. The van der Waals surface area contributed by atoms with Gasteiger partial charge in [0.15, 0.2) is 0 Å². The highest BCUT2D eigenvalue weighted by molar-refractivity contribution is 8.00.